The van der Waals surface area contributed by atoms with E-state index in [4.69, 9.17) is 16.3 Å². The van der Waals surface area contributed by atoms with Crippen LogP contribution in [0.5, 0.6) is 5.75 Å². The van der Waals surface area contributed by atoms with Gasteiger partial charge in [-0.2, -0.15) is 5.26 Å². The molecule has 0 fully saturated rings. The Morgan fingerprint density at radius 1 is 0.814 bits per heavy atom. The van der Waals surface area contributed by atoms with Crippen LogP contribution in [0.25, 0.3) is 22.3 Å². The second kappa shape index (κ2) is 14.5. The molecule has 1 unspecified atom stereocenters. The smallest absolute Gasteiger partial charge is 0.140 e. The summed E-state index contributed by atoms with van der Waals surface area (Å²) < 4.78 is 31.9. The molecule has 2 aromatic heterocycles. The van der Waals surface area contributed by atoms with Crippen LogP contribution in [0.4, 0.5) is 8.78 Å². The molecule has 0 aliphatic carbocycles. The summed E-state index contributed by atoms with van der Waals surface area (Å²) in [7, 11) is 0. The molecule has 216 valence electrons. The molecule has 0 amide bonds. The normalized spacial score (nSPS) is 13.6. The first-order valence-corrected chi connectivity index (χ1v) is 14.4. The summed E-state index contributed by atoms with van der Waals surface area (Å²) in [5, 5.41) is 12.7. The van der Waals surface area contributed by atoms with Crippen molar-refractivity contribution in [3.8, 4) is 34.1 Å². The van der Waals surface area contributed by atoms with Gasteiger partial charge in [-0.25, -0.2) is 8.78 Å². The Kier molecular flexibility index (Phi) is 10.1. The molecule has 0 saturated heterocycles. The number of aromatic nitrogens is 2. The van der Waals surface area contributed by atoms with E-state index in [1.54, 1.807) is 48.9 Å². The number of hydrogen-bond acceptors (Lipinski definition) is 5. The number of fused-ring (bicyclic) bond motifs is 1. The number of benzene rings is 3. The summed E-state index contributed by atoms with van der Waals surface area (Å²) in [6, 6.07) is 24.7. The lowest BCUT2D eigenvalue weighted by atomic mass is 9.99. The molecule has 3 aromatic carbocycles. The van der Waals surface area contributed by atoms with Crippen LogP contribution in [0.1, 0.15) is 28.7 Å². The number of nitrogens with zero attached hydrogens (tertiary/aromatic N) is 3. The van der Waals surface area contributed by atoms with Gasteiger partial charge in [-0.3, -0.25) is 9.97 Å². The largest absolute Gasteiger partial charge is 0.487 e. The SMILES string of the molecule is Fc1ccc(-c2cncc(CCl)c2)cc1.N#Cc1cccc2c1OC(CNCc1cncc(-c3ccc(F)cc3)c1)CC2. The molecule has 1 N–H and O–H groups in total. The molecule has 0 bridgehead atoms. The second-order valence-corrected chi connectivity index (χ2v) is 10.4. The highest BCUT2D eigenvalue weighted by Gasteiger charge is 2.21. The average Bonchev–Trinajstić information content (AvgIpc) is 3.05. The van der Waals surface area contributed by atoms with Gasteiger partial charge >= 0.3 is 0 Å². The Labute approximate surface area is 254 Å². The Bertz CT molecular complexity index is 1710. The summed E-state index contributed by atoms with van der Waals surface area (Å²) in [5.74, 6) is 0.675. The Balaban J connectivity index is 0.000000207. The molecular formula is C35H29ClF2N4O. The van der Waals surface area contributed by atoms with E-state index in [9.17, 15) is 14.0 Å². The molecule has 0 saturated carbocycles. The fourth-order valence-electron chi connectivity index (χ4n) is 4.82. The van der Waals surface area contributed by atoms with E-state index in [1.165, 1.54) is 24.3 Å². The van der Waals surface area contributed by atoms with Crippen molar-refractivity contribution in [1.82, 2.24) is 15.3 Å². The van der Waals surface area contributed by atoms with Crippen LogP contribution in [0, 0.1) is 23.0 Å². The second-order valence-electron chi connectivity index (χ2n) is 10.1. The maximum absolute atomic E-state index is 13.1. The lowest BCUT2D eigenvalue weighted by molar-refractivity contribution is 0.169. The number of ether oxygens (including phenoxy) is 1. The number of pyridine rings is 2. The van der Waals surface area contributed by atoms with E-state index < -0.39 is 0 Å². The summed E-state index contributed by atoms with van der Waals surface area (Å²) in [5.41, 5.74) is 7.50. The zero-order valence-electron chi connectivity index (χ0n) is 23.3. The monoisotopic (exact) mass is 594 g/mol. The standard InChI is InChI=1S/C23H20FN3O.C12H9ClFN/c24-21-7-4-17(5-8-21)20-10-16(12-26-14-20)13-27-15-22-9-6-18-2-1-3-19(11-25)23(18)28-22;13-6-9-5-11(8-15-7-9)10-1-3-12(14)4-2-10/h1-5,7-8,10,12,14,22,27H,6,9,13,15H2;1-5,7-8H,6H2. The lowest BCUT2D eigenvalue weighted by Gasteiger charge is -2.27. The minimum absolute atomic E-state index is 0.0373. The maximum atomic E-state index is 13.1. The van der Waals surface area contributed by atoms with Gasteiger partial charge in [0.1, 0.15) is 29.6 Å². The van der Waals surface area contributed by atoms with Gasteiger partial charge < -0.3 is 10.1 Å². The van der Waals surface area contributed by atoms with Gasteiger partial charge in [0.2, 0.25) is 0 Å². The van der Waals surface area contributed by atoms with E-state index in [0.29, 0.717) is 24.5 Å². The topological polar surface area (TPSA) is 70.8 Å². The van der Waals surface area contributed by atoms with Crippen molar-refractivity contribution in [3.05, 3.63) is 138 Å². The van der Waals surface area contributed by atoms with Gasteiger partial charge in [-0.1, -0.05) is 36.4 Å². The van der Waals surface area contributed by atoms with Crippen molar-refractivity contribution in [1.29, 1.82) is 5.26 Å². The van der Waals surface area contributed by atoms with Crippen LogP contribution in [-0.2, 0) is 18.8 Å². The van der Waals surface area contributed by atoms with Gasteiger partial charge in [0.05, 0.1) is 5.56 Å². The number of rotatable bonds is 7. The number of nitriles is 1. The van der Waals surface area contributed by atoms with Gasteiger partial charge in [0.15, 0.2) is 0 Å². The first-order chi connectivity index (χ1) is 21.0. The highest BCUT2D eigenvalue weighted by atomic mass is 35.5. The Morgan fingerprint density at radius 2 is 1.42 bits per heavy atom. The van der Waals surface area contributed by atoms with Crippen LogP contribution in [0.2, 0.25) is 0 Å². The van der Waals surface area contributed by atoms with Crippen LogP contribution >= 0.6 is 11.6 Å². The van der Waals surface area contributed by atoms with Crippen molar-refractivity contribution in [2.24, 2.45) is 0 Å². The van der Waals surface area contributed by atoms with Crippen molar-refractivity contribution < 1.29 is 13.5 Å². The molecule has 5 aromatic rings. The van der Waals surface area contributed by atoms with E-state index in [-0.39, 0.29) is 17.7 Å². The highest BCUT2D eigenvalue weighted by Crippen LogP contribution is 2.31. The number of para-hydroxylation sites is 1. The van der Waals surface area contributed by atoms with E-state index in [2.05, 4.69) is 27.4 Å². The molecule has 0 radical (unpaired) electrons. The Morgan fingerprint density at radius 3 is 2.02 bits per heavy atom. The summed E-state index contributed by atoms with van der Waals surface area (Å²) >= 11 is 5.71. The first kappa shape index (κ1) is 29.8. The van der Waals surface area contributed by atoms with Gasteiger partial charge in [0, 0.05) is 54.9 Å². The van der Waals surface area contributed by atoms with Crippen molar-refractivity contribution in [3.63, 3.8) is 0 Å². The zero-order chi connectivity index (χ0) is 30.0. The molecule has 3 heterocycles. The summed E-state index contributed by atoms with van der Waals surface area (Å²) in [6.45, 7) is 1.36. The fourth-order valence-corrected chi connectivity index (χ4v) is 4.96. The summed E-state index contributed by atoms with van der Waals surface area (Å²) in [4.78, 5) is 8.38. The molecule has 8 heteroatoms. The summed E-state index contributed by atoms with van der Waals surface area (Å²) in [6.07, 6.45) is 8.94. The number of hydrogen-bond donors (Lipinski definition) is 1. The lowest BCUT2D eigenvalue weighted by Crippen LogP contribution is -2.34. The molecule has 0 spiro atoms. The fraction of sp³-hybridized carbons (Fsp3) is 0.171. The van der Waals surface area contributed by atoms with Crippen molar-refractivity contribution >= 4 is 11.6 Å². The quantitative estimate of drug-likeness (QED) is 0.194. The molecule has 1 aliphatic heterocycles. The van der Waals surface area contributed by atoms with E-state index in [0.717, 1.165) is 57.5 Å². The van der Waals surface area contributed by atoms with Gasteiger partial charge in [0.25, 0.3) is 0 Å². The molecule has 43 heavy (non-hydrogen) atoms. The highest BCUT2D eigenvalue weighted by molar-refractivity contribution is 6.17. The van der Waals surface area contributed by atoms with Crippen molar-refractivity contribution in [2.75, 3.05) is 6.54 Å². The Hall–Kier alpha value is -4.64. The van der Waals surface area contributed by atoms with E-state index in [1.807, 2.05) is 24.4 Å². The average molecular weight is 595 g/mol. The van der Waals surface area contributed by atoms with Crippen molar-refractivity contribution in [2.45, 2.75) is 31.4 Å². The van der Waals surface area contributed by atoms with E-state index >= 15 is 0 Å². The minimum Gasteiger partial charge on any atom is -0.487 e. The first-order valence-electron chi connectivity index (χ1n) is 13.9. The third kappa shape index (κ3) is 8.01. The molecular weight excluding hydrogens is 566 g/mol. The third-order valence-corrected chi connectivity index (χ3v) is 7.35. The van der Waals surface area contributed by atoms with Gasteiger partial charge in [-0.15, -0.1) is 11.6 Å². The predicted molar refractivity (Wildman–Crippen MR) is 164 cm³/mol. The van der Waals surface area contributed by atoms with Gasteiger partial charge in [-0.05, 0) is 83.1 Å². The van der Waals surface area contributed by atoms with Crippen LogP contribution in [0.3, 0.4) is 0 Å². The molecule has 5 nitrogen and oxygen atoms in total. The van der Waals surface area contributed by atoms with Crippen LogP contribution < -0.4 is 10.1 Å². The van der Waals surface area contributed by atoms with Crippen LogP contribution in [0.15, 0.2) is 104 Å². The predicted octanol–water partition coefficient (Wildman–Crippen LogP) is 7.87. The number of halogens is 3. The molecule has 1 atom stereocenters. The minimum atomic E-state index is -0.247. The number of alkyl halides is 1. The third-order valence-electron chi connectivity index (χ3n) is 7.04. The number of nitrogens with one attached hydrogen (secondary N) is 1. The molecule has 1 aliphatic rings. The van der Waals surface area contributed by atoms with Crippen LogP contribution in [-0.4, -0.2) is 22.6 Å². The maximum Gasteiger partial charge on any atom is 0.140 e. The number of aryl methyl sites for hydroxylation is 1. The molecule has 6 rings (SSSR count). The zero-order valence-corrected chi connectivity index (χ0v) is 24.1.